The smallest absolute Gasteiger partial charge is 0.131 e. The minimum atomic E-state index is -0.515. The molecule has 0 atom stereocenters. The van der Waals surface area contributed by atoms with Gasteiger partial charge in [0, 0.05) is 25.2 Å². The molecule has 20 heavy (non-hydrogen) atoms. The van der Waals surface area contributed by atoms with Crippen LogP contribution in [0.1, 0.15) is 56.7 Å². The average Bonchev–Trinajstić information content (AvgIpc) is 2.95. The number of hydrogen-bond donors (Lipinski definition) is 2. The number of aliphatic hydroxyl groups is 1. The molecule has 1 saturated carbocycles. The molecule has 0 spiro atoms. The van der Waals surface area contributed by atoms with Crippen molar-refractivity contribution in [1.82, 2.24) is 15.1 Å². The monoisotopic (exact) mass is 299 g/mol. The highest BCUT2D eigenvalue weighted by molar-refractivity contribution is 6.30. The van der Waals surface area contributed by atoms with Crippen molar-refractivity contribution in [3.63, 3.8) is 0 Å². The van der Waals surface area contributed by atoms with Gasteiger partial charge in [0.05, 0.1) is 11.3 Å². The molecular formula is C15H26ClN3O. The van der Waals surface area contributed by atoms with Crippen LogP contribution in [0.5, 0.6) is 0 Å². The summed E-state index contributed by atoms with van der Waals surface area (Å²) in [6.45, 7) is 6.35. The van der Waals surface area contributed by atoms with Crippen molar-refractivity contribution in [2.75, 3.05) is 6.54 Å². The van der Waals surface area contributed by atoms with Crippen molar-refractivity contribution >= 4 is 11.6 Å². The van der Waals surface area contributed by atoms with Crippen LogP contribution < -0.4 is 5.32 Å². The van der Waals surface area contributed by atoms with Gasteiger partial charge < -0.3 is 10.4 Å². The largest absolute Gasteiger partial charge is 0.389 e. The Bertz CT molecular complexity index is 439. The topological polar surface area (TPSA) is 50.1 Å². The molecule has 0 aliphatic heterocycles. The molecule has 0 unspecified atom stereocenters. The third kappa shape index (κ3) is 3.74. The maximum atomic E-state index is 10.3. The van der Waals surface area contributed by atoms with Crippen molar-refractivity contribution in [2.45, 2.75) is 71.1 Å². The Hall–Kier alpha value is -0.580. The second-order valence-corrected chi connectivity index (χ2v) is 6.32. The Labute approximate surface area is 126 Å². The number of nitrogens with zero attached hydrogens (tertiary/aromatic N) is 2. The van der Waals surface area contributed by atoms with Gasteiger partial charge in [-0.25, -0.2) is 0 Å². The molecule has 1 heterocycles. The first-order chi connectivity index (χ1) is 9.56. The molecule has 4 nitrogen and oxygen atoms in total. The van der Waals surface area contributed by atoms with Crippen LogP contribution in [0.4, 0.5) is 0 Å². The molecule has 0 bridgehead atoms. The summed E-state index contributed by atoms with van der Waals surface area (Å²) in [6.07, 6.45) is 6.30. The summed E-state index contributed by atoms with van der Waals surface area (Å²) >= 11 is 6.39. The zero-order valence-electron chi connectivity index (χ0n) is 12.6. The molecule has 114 valence electrons. The van der Waals surface area contributed by atoms with Crippen molar-refractivity contribution < 1.29 is 5.11 Å². The normalized spacial score (nSPS) is 17.8. The van der Waals surface area contributed by atoms with E-state index in [-0.39, 0.29) is 0 Å². The fourth-order valence-corrected chi connectivity index (χ4v) is 3.20. The summed E-state index contributed by atoms with van der Waals surface area (Å²) in [5, 5.41) is 18.9. The van der Waals surface area contributed by atoms with Crippen LogP contribution in [0, 0.1) is 6.92 Å². The molecule has 5 heteroatoms. The zero-order chi connectivity index (χ0) is 14.6. The first-order valence-corrected chi connectivity index (χ1v) is 8.08. The van der Waals surface area contributed by atoms with Gasteiger partial charge in [0.15, 0.2) is 0 Å². The summed E-state index contributed by atoms with van der Waals surface area (Å²) in [6, 6.07) is 0. The Balaban J connectivity index is 1.90. The summed E-state index contributed by atoms with van der Waals surface area (Å²) in [7, 11) is 0. The van der Waals surface area contributed by atoms with Gasteiger partial charge in [0.2, 0.25) is 0 Å². The third-order valence-corrected chi connectivity index (χ3v) is 4.62. The van der Waals surface area contributed by atoms with Gasteiger partial charge in [-0.3, -0.25) is 4.68 Å². The van der Waals surface area contributed by atoms with Crippen LogP contribution in [0.25, 0.3) is 0 Å². The molecule has 1 aliphatic rings. The van der Waals surface area contributed by atoms with E-state index in [2.05, 4.69) is 17.3 Å². The van der Waals surface area contributed by atoms with Crippen molar-refractivity contribution in [3.8, 4) is 0 Å². The number of halogens is 1. The first kappa shape index (κ1) is 15.8. The quantitative estimate of drug-likeness (QED) is 0.813. The number of nitrogens with one attached hydrogen (secondary N) is 1. The van der Waals surface area contributed by atoms with Crippen LogP contribution in [0.2, 0.25) is 5.15 Å². The molecule has 2 N–H and O–H groups in total. The lowest BCUT2D eigenvalue weighted by Crippen LogP contribution is -2.37. The van der Waals surface area contributed by atoms with Crippen LogP contribution in [0.3, 0.4) is 0 Å². The van der Waals surface area contributed by atoms with E-state index in [1.807, 2.05) is 11.6 Å². The second-order valence-electron chi connectivity index (χ2n) is 5.97. The van der Waals surface area contributed by atoms with Gasteiger partial charge in [-0.15, -0.1) is 0 Å². The average molecular weight is 300 g/mol. The summed E-state index contributed by atoms with van der Waals surface area (Å²) < 4.78 is 1.89. The van der Waals surface area contributed by atoms with E-state index in [0.29, 0.717) is 13.1 Å². The molecule has 1 aromatic rings. The number of hydrogen-bond acceptors (Lipinski definition) is 3. The summed E-state index contributed by atoms with van der Waals surface area (Å²) in [5.41, 5.74) is 1.53. The van der Waals surface area contributed by atoms with Gasteiger partial charge in [0.1, 0.15) is 5.15 Å². The second kappa shape index (κ2) is 6.92. The van der Waals surface area contributed by atoms with E-state index < -0.39 is 5.60 Å². The molecule has 0 amide bonds. The number of unbranched alkanes of at least 4 members (excludes halogenated alkanes) is 1. The van der Waals surface area contributed by atoms with Crippen molar-refractivity contribution in [2.24, 2.45) is 0 Å². The molecular weight excluding hydrogens is 274 g/mol. The van der Waals surface area contributed by atoms with Crippen LogP contribution >= 0.6 is 11.6 Å². The van der Waals surface area contributed by atoms with Gasteiger partial charge >= 0.3 is 0 Å². The maximum absolute atomic E-state index is 10.3. The van der Waals surface area contributed by atoms with Gasteiger partial charge in [-0.2, -0.15) is 5.10 Å². The van der Waals surface area contributed by atoms with E-state index in [1.54, 1.807) is 0 Å². The molecule has 2 rings (SSSR count). The lowest BCUT2D eigenvalue weighted by Gasteiger charge is -2.22. The number of aryl methyl sites for hydroxylation is 2. The fraction of sp³-hybridized carbons (Fsp3) is 0.800. The van der Waals surface area contributed by atoms with Crippen LogP contribution in [-0.2, 0) is 13.1 Å². The third-order valence-electron chi connectivity index (χ3n) is 4.20. The SMILES string of the molecule is CCCCn1nc(C)c(CNCC2(O)CCCC2)c1Cl. The molecule has 1 aliphatic carbocycles. The highest BCUT2D eigenvalue weighted by atomic mass is 35.5. The minimum Gasteiger partial charge on any atom is -0.389 e. The molecule has 0 radical (unpaired) electrons. The summed E-state index contributed by atoms with van der Waals surface area (Å²) in [4.78, 5) is 0. The van der Waals surface area contributed by atoms with E-state index in [0.717, 1.165) is 61.5 Å². The minimum absolute atomic E-state index is 0.515. The molecule has 1 fully saturated rings. The predicted octanol–water partition coefficient (Wildman–Crippen LogP) is 3.04. The van der Waals surface area contributed by atoms with Crippen LogP contribution in [-0.4, -0.2) is 27.0 Å². The zero-order valence-corrected chi connectivity index (χ0v) is 13.3. The lowest BCUT2D eigenvalue weighted by atomic mass is 10.0. The highest BCUT2D eigenvalue weighted by Gasteiger charge is 2.30. The standard InChI is InChI=1S/C15H26ClN3O/c1-3-4-9-19-14(16)13(12(2)18-19)10-17-11-15(20)7-5-6-8-15/h17,20H,3-11H2,1-2H3. The Morgan fingerprint density at radius 1 is 1.40 bits per heavy atom. The van der Waals surface area contributed by atoms with E-state index in [9.17, 15) is 5.11 Å². The summed E-state index contributed by atoms with van der Waals surface area (Å²) in [5.74, 6) is 0. The highest BCUT2D eigenvalue weighted by Crippen LogP contribution is 2.29. The van der Waals surface area contributed by atoms with Crippen molar-refractivity contribution in [1.29, 1.82) is 0 Å². The predicted molar refractivity (Wildman–Crippen MR) is 82.0 cm³/mol. The van der Waals surface area contributed by atoms with Crippen LogP contribution in [0.15, 0.2) is 0 Å². The van der Waals surface area contributed by atoms with Gasteiger partial charge in [0.25, 0.3) is 0 Å². The van der Waals surface area contributed by atoms with E-state index in [1.165, 1.54) is 0 Å². The molecule has 0 aromatic carbocycles. The maximum Gasteiger partial charge on any atom is 0.131 e. The first-order valence-electron chi connectivity index (χ1n) is 7.70. The molecule has 1 aromatic heterocycles. The van der Waals surface area contributed by atoms with E-state index >= 15 is 0 Å². The number of aromatic nitrogens is 2. The van der Waals surface area contributed by atoms with Gasteiger partial charge in [-0.05, 0) is 26.2 Å². The fourth-order valence-electron chi connectivity index (χ4n) is 2.88. The van der Waals surface area contributed by atoms with E-state index in [4.69, 9.17) is 11.6 Å². The van der Waals surface area contributed by atoms with Gasteiger partial charge in [-0.1, -0.05) is 37.8 Å². The Kier molecular flexibility index (Phi) is 5.47. The Morgan fingerprint density at radius 2 is 2.10 bits per heavy atom. The Morgan fingerprint density at radius 3 is 2.75 bits per heavy atom. The number of rotatable bonds is 7. The van der Waals surface area contributed by atoms with Crippen molar-refractivity contribution in [3.05, 3.63) is 16.4 Å². The lowest BCUT2D eigenvalue weighted by molar-refractivity contribution is 0.0474. The molecule has 0 saturated heterocycles.